The maximum absolute atomic E-state index is 12.6. The lowest BCUT2D eigenvalue weighted by molar-refractivity contribution is -0.690. The number of aromatic hydroxyl groups is 1. The number of hydrogen-bond acceptors (Lipinski definition) is 3. The van der Waals surface area contributed by atoms with Crippen LogP contribution in [-0.4, -0.2) is 21.2 Å². The smallest absolute Gasteiger partial charge is 0.265 e. The van der Waals surface area contributed by atoms with E-state index in [1.807, 2.05) is 18.2 Å². The fourth-order valence-electron chi connectivity index (χ4n) is 3.63. The molecule has 5 nitrogen and oxygen atoms in total. The third-order valence-corrected chi connectivity index (χ3v) is 5.28. The van der Waals surface area contributed by atoms with Crippen molar-refractivity contribution < 1.29 is 10.4 Å². The van der Waals surface area contributed by atoms with Crippen LogP contribution in [0.3, 0.4) is 0 Å². The van der Waals surface area contributed by atoms with Crippen LogP contribution in [0.5, 0.6) is 5.88 Å². The molecule has 0 fully saturated rings. The van der Waals surface area contributed by atoms with Crippen LogP contribution in [0.25, 0.3) is 0 Å². The summed E-state index contributed by atoms with van der Waals surface area (Å²) in [6, 6.07) is 7.95. The van der Waals surface area contributed by atoms with Crippen LogP contribution in [0.2, 0.25) is 0 Å². The van der Waals surface area contributed by atoms with Crippen molar-refractivity contribution >= 4 is 12.2 Å². The fraction of sp³-hybridized carbons (Fsp3) is 0.474. The van der Waals surface area contributed by atoms with Gasteiger partial charge < -0.3 is 10.4 Å². The van der Waals surface area contributed by atoms with Gasteiger partial charge in [-0.25, -0.2) is 0 Å². The van der Waals surface area contributed by atoms with Crippen molar-refractivity contribution in [3.8, 4) is 5.88 Å². The predicted molar refractivity (Wildman–Crippen MR) is 100 cm³/mol. The average Bonchev–Trinajstić information content (AvgIpc) is 2.61. The summed E-state index contributed by atoms with van der Waals surface area (Å²) in [7, 11) is 0. The molecule has 2 aromatic rings. The van der Waals surface area contributed by atoms with Gasteiger partial charge in [-0.05, 0) is 24.2 Å². The zero-order valence-electron chi connectivity index (χ0n) is 14.6. The van der Waals surface area contributed by atoms with E-state index in [1.165, 1.54) is 5.56 Å². The van der Waals surface area contributed by atoms with Crippen molar-refractivity contribution in [2.75, 3.05) is 6.54 Å². The standard InChI is InChI=1S/C19H25N3O2S/c1-2-3-4-7-12-22-18(24)15(17(23)21-19(22)25)16-14-9-6-5-8-13(14)10-11-20-16/h5-6,8-9,16,20,24H,2-4,7,10-12H2,1H3,(H,21,23,25)/p+1/t16-/m0/s1. The maximum atomic E-state index is 12.6. The zero-order valence-corrected chi connectivity index (χ0v) is 15.4. The second-order valence-electron chi connectivity index (χ2n) is 6.66. The second kappa shape index (κ2) is 7.97. The Balaban J connectivity index is 2.00. The highest BCUT2D eigenvalue weighted by molar-refractivity contribution is 7.71. The number of aromatic nitrogens is 2. The summed E-state index contributed by atoms with van der Waals surface area (Å²) >= 11 is 5.28. The van der Waals surface area contributed by atoms with Crippen LogP contribution >= 0.6 is 12.2 Å². The number of hydrogen-bond donors (Lipinski definition) is 3. The molecule has 0 aliphatic carbocycles. The van der Waals surface area contributed by atoms with Gasteiger partial charge in [0.2, 0.25) is 5.88 Å². The number of quaternary nitrogens is 1. The largest absolute Gasteiger partial charge is 0.494 e. The summed E-state index contributed by atoms with van der Waals surface area (Å²) in [5.74, 6) is 0.0169. The molecular weight excluding hydrogens is 334 g/mol. The molecule has 0 unspecified atom stereocenters. The first-order chi connectivity index (χ1) is 12.1. The number of nitrogens with zero attached hydrogens (tertiary/aromatic N) is 1. The normalized spacial score (nSPS) is 16.6. The lowest BCUT2D eigenvalue weighted by Crippen LogP contribution is -2.87. The van der Waals surface area contributed by atoms with Gasteiger partial charge in [0.1, 0.15) is 11.6 Å². The Kier molecular flexibility index (Phi) is 5.71. The molecule has 2 heterocycles. The van der Waals surface area contributed by atoms with Crippen molar-refractivity contribution in [3.63, 3.8) is 0 Å². The minimum Gasteiger partial charge on any atom is -0.494 e. The van der Waals surface area contributed by atoms with Crippen LogP contribution in [0.1, 0.15) is 55.3 Å². The van der Waals surface area contributed by atoms with Crippen LogP contribution in [0, 0.1) is 4.77 Å². The molecule has 6 heteroatoms. The van der Waals surface area contributed by atoms with Crippen molar-refractivity contribution in [1.29, 1.82) is 0 Å². The number of nitrogens with one attached hydrogen (secondary N) is 1. The summed E-state index contributed by atoms with van der Waals surface area (Å²) in [6.07, 6.45) is 5.31. The summed E-state index contributed by atoms with van der Waals surface area (Å²) in [5, 5.41) is 13.0. The SMILES string of the molecule is CCCCCCn1c(O)c([C@H]2[NH2+]CCc3ccccc32)c(=O)[nH]c1=S. The van der Waals surface area contributed by atoms with Gasteiger partial charge in [0.05, 0.1) is 6.54 Å². The van der Waals surface area contributed by atoms with E-state index in [4.69, 9.17) is 12.2 Å². The van der Waals surface area contributed by atoms with E-state index in [-0.39, 0.29) is 17.5 Å². The minimum atomic E-state index is -0.287. The Morgan fingerprint density at radius 2 is 2.12 bits per heavy atom. The molecule has 1 atom stereocenters. The van der Waals surface area contributed by atoms with E-state index in [0.717, 1.165) is 44.2 Å². The van der Waals surface area contributed by atoms with E-state index >= 15 is 0 Å². The molecule has 1 aliphatic heterocycles. The summed E-state index contributed by atoms with van der Waals surface area (Å²) < 4.78 is 1.97. The number of fused-ring (bicyclic) bond motifs is 1. The Morgan fingerprint density at radius 1 is 1.32 bits per heavy atom. The summed E-state index contributed by atoms with van der Waals surface area (Å²) in [5.41, 5.74) is 2.47. The molecule has 134 valence electrons. The molecule has 3 rings (SSSR count). The predicted octanol–water partition coefficient (Wildman–Crippen LogP) is 2.40. The maximum Gasteiger partial charge on any atom is 0.265 e. The van der Waals surface area contributed by atoms with Gasteiger partial charge in [-0.15, -0.1) is 0 Å². The molecule has 1 aromatic heterocycles. The number of H-pyrrole nitrogens is 1. The number of nitrogens with two attached hydrogens (primary N) is 1. The third kappa shape index (κ3) is 3.70. The van der Waals surface area contributed by atoms with Gasteiger partial charge in [-0.1, -0.05) is 50.5 Å². The number of aromatic amines is 1. The molecule has 25 heavy (non-hydrogen) atoms. The number of benzene rings is 1. The van der Waals surface area contributed by atoms with Gasteiger partial charge in [-0.3, -0.25) is 14.3 Å². The monoisotopic (exact) mass is 360 g/mol. The fourth-order valence-corrected chi connectivity index (χ4v) is 3.90. The molecule has 1 aromatic carbocycles. The van der Waals surface area contributed by atoms with Crippen molar-refractivity contribution in [2.24, 2.45) is 0 Å². The highest BCUT2D eigenvalue weighted by atomic mass is 32.1. The molecule has 0 saturated carbocycles. The first kappa shape index (κ1) is 17.9. The van der Waals surface area contributed by atoms with Gasteiger partial charge in [0, 0.05) is 18.5 Å². The minimum absolute atomic E-state index is 0.0169. The zero-order chi connectivity index (χ0) is 17.8. The van der Waals surface area contributed by atoms with E-state index < -0.39 is 0 Å². The Labute approximate surface area is 152 Å². The molecular formula is C19H26N3O2S+. The van der Waals surface area contributed by atoms with Crippen molar-refractivity contribution in [3.05, 3.63) is 56.1 Å². The molecule has 0 bridgehead atoms. The Morgan fingerprint density at radius 3 is 2.92 bits per heavy atom. The number of unbranched alkanes of at least 4 members (excludes halogenated alkanes) is 3. The average molecular weight is 361 g/mol. The van der Waals surface area contributed by atoms with Gasteiger partial charge in [0.25, 0.3) is 5.56 Å². The highest BCUT2D eigenvalue weighted by Gasteiger charge is 2.31. The third-order valence-electron chi connectivity index (χ3n) is 4.96. The first-order valence-electron chi connectivity index (χ1n) is 9.10. The molecule has 1 aliphatic rings. The van der Waals surface area contributed by atoms with Crippen molar-refractivity contribution in [2.45, 2.75) is 51.6 Å². The summed E-state index contributed by atoms with van der Waals surface area (Å²) in [4.78, 5) is 15.3. The lowest BCUT2D eigenvalue weighted by atomic mass is 9.91. The van der Waals surface area contributed by atoms with Crippen LogP contribution in [0.15, 0.2) is 29.1 Å². The highest BCUT2D eigenvalue weighted by Crippen LogP contribution is 2.28. The first-order valence-corrected chi connectivity index (χ1v) is 9.51. The molecule has 0 radical (unpaired) electrons. The molecule has 0 amide bonds. The lowest BCUT2D eigenvalue weighted by Gasteiger charge is -2.24. The quantitative estimate of drug-likeness (QED) is 0.547. The van der Waals surface area contributed by atoms with Gasteiger partial charge in [-0.2, -0.15) is 0 Å². The van der Waals surface area contributed by atoms with E-state index in [2.05, 4.69) is 23.3 Å². The van der Waals surface area contributed by atoms with E-state index in [1.54, 1.807) is 4.57 Å². The molecule has 0 saturated heterocycles. The van der Waals surface area contributed by atoms with Gasteiger partial charge >= 0.3 is 0 Å². The Hall–Kier alpha value is -1.92. The van der Waals surface area contributed by atoms with Crippen LogP contribution in [-0.2, 0) is 13.0 Å². The van der Waals surface area contributed by atoms with Crippen molar-refractivity contribution in [1.82, 2.24) is 9.55 Å². The Bertz CT molecular complexity index is 856. The van der Waals surface area contributed by atoms with Gasteiger partial charge in [0.15, 0.2) is 4.77 Å². The summed E-state index contributed by atoms with van der Waals surface area (Å²) in [6.45, 7) is 3.69. The second-order valence-corrected chi connectivity index (χ2v) is 7.05. The number of rotatable bonds is 6. The van der Waals surface area contributed by atoms with E-state index in [0.29, 0.717) is 16.9 Å². The molecule has 0 spiro atoms. The molecule has 4 N–H and O–H groups in total. The van der Waals surface area contributed by atoms with E-state index in [9.17, 15) is 9.90 Å². The van der Waals surface area contributed by atoms with Crippen LogP contribution < -0.4 is 10.9 Å². The van der Waals surface area contributed by atoms with Crippen LogP contribution in [0.4, 0.5) is 0 Å². The topological polar surface area (TPSA) is 74.6 Å².